The van der Waals surface area contributed by atoms with Crippen LogP contribution in [0.4, 0.5) is 10.2 Å². The van der Waals surface area contributed by atoms with Crippen LogP contribution in [0.15, 0.2) is 73.3 Å². The molecule has 1 fully saturated rings. The first-order chi connectivity index (χ1) is 16.5. The fraction of sp³-hybridized carbons (Fsp3) is 0.200. The van der Waals surface area contributed by atoms with Crippen LogP contribution >= 0.6 is 0 Å². The zero-order valence-corrected chi connectivity index (χ0v) is 18.6. The summed E-state index contributed by atoms with van der Waals surface area (Å²) in [5.41, 5.74) is 0.549. The number of nitrogens with zero attached hydrogens (tertiary/aromatic N) is 6. The Bertz CT molecular complexity index is 1290. The van der Waals surface area contributed by atoms with Gasteiger partial charge in [-0.05, 0) is 49.4 Å². The van der Waals surface area contributed by atoms with Crippen molar-refractivity contribution in [2.24, 2.45) is 0 Å². The number of hydrogen-bond acceptors (Lipinski definition) is 6. The smallest absolute Gasteiger partial charge is 0.254 e. The number of ether oxygens (including phenoxy) is 1. The molecule has 0 bridgehead atoms. The molecule has 0 N–H and O–H groups in total. The number of halogens is 1. The Kier molecular flexibility index (Phi) is 5.90. The van der Waals surface area contributed by atoms with E-state index < -0.39 is 0 Å². The predicted octanol–water partition coefficient (Wildman–Crippen LogP) is 3.86. The SMILES string of the molecule is Cc1nc(N2CCN(C(=O)c3cccc(Oc4ccc(F)cc4)c3)CC2)cc(-n2ccnc2)n1. The van der Waals surface area contributed by atoms with Gasteiger partial charge in [-0.1, -0.05) is 6.07 Å². The van der Waals surface area contributed by atoms with Crippen LogP contribution in [-0.4, -0.2) is 56.5 Å². The second-order valence-electron chi connectivity index (χ2n) is 7.96. The largest absolute Gasteiger partial charge is 0.457 e. The molecule has 34 heavy (non-hydrogen) atoms. The van der Waals surface area contributed by atoms with Crippen molar-refractivity contribution in [1.29, 1.82) is 0 Å². The van der Waals surface area contributed by atoms with E-state index in [1.807, 2.05) is 28.7 Å². The monoisotopic (exact) mass is 458 g/mol. The Balaban J connectivity index is 1.25. The average molecular weight is 458 g/mol. The molecular weight excluding hydrogens is 435 g/mol. The summed E-state index contributed by atoms with van der Waals surface area (Å²) < 4.78 is 20.7. The summed E-state index contributed by atoms with van der Waals surface area (Å²) in [5, 5.41) is 0. The highest BCUT2D eigenvalue weighted by Gasteiger charge is 2.24. The normalized spacial score (nSPS) is 13.7. The first-order valence-electron chi connectivity index (χ1n) is 11.0. The molecule has 172 valence electrons. The Morgan fingerprint density at radius 3 is 2.44 bits per heavy atom. The van der Waals surface area contributed by atoms with Crippen LogP contribution in [0.3, 0.4) is 0 Å². The number of carbonyl (C=O) groups excluding carboxylic acids is 1. The van der Waals surface area contributed by atoms with Gasteiger partial charge in [0.25, 0.3) is 5.91 Å². The van der Waals surface area contributed by atoms with Crippen LogP contribution in [0.1, 0.15) is 16.2 Å². The maximum Gasteiger partial charge on any atom is 0.254 e. The average Bonchev–Trinajstić information content (AvgIpc) is 3.40. The number of imidazole rings is 1. The van der Waals surface area contributed by atoms with Gasteiger partial charge in [0.1, 0.15) is 41.1 Å². The number of amides is 1. The second-order valence-corrected chi connectivity index (χ2v) is 7.96. The molecule has 0 spiro atoms. The summed E-state index contributed by atoms with van der Waals surface area (Å²) >= 11 is 0. The molecule has 8 nitrogen and oxygen atoms in total. The van der Waals surface area contributed by atoms with E-state index in [9.17, 15) is 9.18 Å². The molecule has 0 unspecified atom stereocenters. The molecule has 9 heteroatoms. The van der Waals surface area contributed by atoms with E-state index in [0.717, 1.165) is 11.6 Å². The minimum absolute atomic E-state index is 0.0535. The maximum atomic E-state index is 13.1. The van der Waals surface area contributed by atoms with Crippen molar-refractivity contribution in [3.8, 4) is 17.3 Å². The number of carbonyl (C=O) groups is 1. The molecule has 0 aliphatic carbocycles. The lowest BCUT2D eigenvalue weighted by molar-refractivity contribution is 0.0746. The van der Waals surface area contributed by atoms with Crippen LogP contribution in [0.5, 0.6) is 11.5 Å². The van der Waals surface area contributed by atoms with Gasteiger partial charge in [-0.3, -0.25) is 9.36 Å². The van der Waals surface area contributed by atoms with Gasteiger partial charge in [-0.15, -0.1) is 0 Å². The second kappa shape index (κ2) is 9.30. The number of aryl methyl sites for hydroxylation is 1. The summed E-state index contributed by atoms with van der Waals surface area (Å²) in [7, 11) is 0. The standard InChI is InChI=1S/C25H23FN6O2/c1-18-28-23(16-24(29-18)32-10-9-27-17-32)30-11-13-31(14-12-30)25(33)19-3-2-4-22(15-19)34-21-7-5-20(26)6-8-21/h2-10,15-17H,11-14H2,1H3. The van der Waals surface area contributed by atoms with Crippen molar-refractivity contribution >= 4 is 11.7 Å². The number of piperazine rings is 1. The highest BCUT2D eigenvalue weighted by Crippen LogP contribution is 2.24. The van der Waals surface area contributed by atoms with Crippen molar-refractivity contribution in [2.45, 2.75) is 6.92 Å². The summed E-state index contributed by atoms with van der Waals surface area (Å²) in [5.74, 6) is 2.93. The van der Waals surface area contributed by atoms with Gasteiger partial charge in [0.05, 0.1) is 0 Å². The molecule has 2 aromatic heterocycles. The highest BCUT2D eigenvalue weighted by atomic mass is 19.1. The van der Waals surface area contributed by atoms with Crippen LogP contribution in [0.2, 0.25) is 0 Å². The number of benzene rings is 2. The summed E-state index contributed by atoms with van der Waals surface area (Å²) in [6, 6.07) is 14.7. The summed E-state index contributed by atoms with van der Waals surface area (Å²) in [6.45, 7) is 4.34. The molecule has 1 aliphatic rings. The number of hydrogen-bond donors (Lipinski definition) is 0. The fourth-order valence-corrected chi connectivity index (χ4v) is 3.88. The van der Waals surface area contributed by atoms with Crippen molar-refractivity contribution in [2.75, 3.05) is 31.1 Å². The number of aromatic nitrogens is 4. The highest BCUT2D eigenvalue weighted by molar-refractivity contribution is 5.94. The van der Waals surface area contributed by atoms with Gasteiger partial charge < -0.3 is 14.5 Å². The Morgan fingerprint density at radius 2 is 1.71 bits per heavy atom. The minimum Gasteiger partial charge on any atom is -0.457 e. The van der Waals surface area contributed by atoms with Crippen molar-refractivity contribution in [1.82, 2.24) is 24.4 Å². The summed E-state index contributed by atoms with van der Waals surface area (Å²) in [6.07, 6.45) is 5.26. The third-order valence-corrected chi connectivity index (χ3v) is 5.60. The van der Waals surface area contributed by atoms with E-state index in [4.69, 9.17) is 4.74 Å². The third-order valence-electron chi connectivity index (χ3n) is 5.60. The molecule has 3 heterocycles. The predicted molar refractivity (Wildman–Crippen MR) is 125 cm³/mol. The zero-order chi connectivity index (χ0) is 23.5. The van der Waals surface area contributed by atoms with Crippen LogP contribution < -0.4 is 9.64 Å². The molecule has 2 aromatic carbocycles. The molecular formula is C25H23FN6O2. The molecule has 1 amide bonds. The first-order valence-corrected chi connectivity index (χ1v) is 11.0. The topological polar surface area (TPSA) is 76.4 Å². The van der Waals surface area contributed by atoms with Crippen LogP contribution in [-0.2, 0) is 0 Å². The molecule has 0 radical (unpaired) electrons. The lowest BCUT2D eigenvalue weighted by atomic mass is 10.1. The van der Waals surface area contributed by atoms with Gasteiger partial charge in [-0.2, -0.15) is 0 Å². The van der Waals surface area contributed by atoms with Crippen molar-refractivity contribution in [3.63, 3.8) is 0 Å². The van der Waals surface area contributed by atoms with Crippen molar-refractivity contribution in [3.05, 3.63) is 90.5 Å². The van der Waals surface area contributed by atoms with Crippen LogP contribution in [0, 0.1) is 12.7 Å². The number of rotatable bonds is 5. The van der Waals surface area contributed by atoms with Gasteiger partial charge in [-0.25, -0.2) is 19.3 Å². The molecule has 4 aromatic rings. The van der Waals surface area contributed by atoms with E-state index in [-0.39, 0.29) is 11.7 Å². The van der Waals surface area contributed by atoms with E-state index in [0.29, 0.717) is 49.1 Å². The summed E-state index contributed by atoms with van der Waals surface area (Å²) in [4.78, 5) is 30.3. The molecule has 0 saturated carbocycles. The van der Waals surface area contributed by atoms with Gasteiger partial charge in [0.2, 0.25) is 0 Å². The molecule has 5 rings (SSSR count). The lowest BCUT2D eigenvalue weighted by Crippen LogP contribution is -2.49. The number of anilines is 1. The van der Waals surface area contributed by atoms with Crippen LogP contribution in [0.25, 0.3) is 5.82 Å². The van der Waals surface area contributed by atoms with Crippen molar-refractivity contribution < 1.29 is 13.9 Å². The van der Waals surface area contributed by atoms with E-state index in [1.165, 1.54) is 12.1 Å². The Labute approximate surface area is 196 Å². The minimum atomic E-state index is -0.328. The molecule has 1 aliphatic heterocycles. The van der Waals surface area contributed by atoms with Gasteiger partial charge in [0.15, 0.2) is 0 Å². The van der Waals surface area contributed by atoms with E-state index in [2.05, 4.69) is 19.9 Å². The van der Waals surface area contributed by atoms with E-state index in [1.54, 1.807) is 48.9 Å². The molecule has 0 atom stereocenters. The zero-order valence-electron chi connectivity index (χ0n) is 18.6. The van der Waals surface area contributed by atoms with Gasteiger partial charge >= 0.3 is 0 Å². The van der Waals surface area contributed by atoms with Gasteiger partial charge in [0, 0.05) is 50.2 Å². The maximum absolute atomic E-state index is 13.1. The third kappa shape index (κ3) is 4.73. The Morgan fingerprint density at radius 1 is 0.941 bits per heavy atom. The fourth-order valence-electron chi connectivity index (χ4n) is 3.88. The molecule has 1 saturated heterocycles. The van der Waals surface area contributed by atoms with E-state index >= 15 is 0 Å². The first kappa shape index (κ1) is 21.6. The lowest BCUT2D eigenvalue weighted by Gasteiger charge is -2.35. The Hall–Kier alpha value is -4.27. The quantitative estimate of drug-likeness (QED) is 0.452.